The van der Waals surface area contributed by atoms with E-state index in [1.54, 1.807) is 31.2 Å². The number of carbonyl (C=O) groups excluding carboxylic acids is 1. The Bertz CT molecular complexity index is 640. The summed E-state index contributed by atoms with van der Waals surface area (Å²) in [4.78, 5) is 12.0. The summed E-state index contributed by atoms with van der Waals surface area (Å²) in [6.45, 7) is 3.73. The Morgan fingerprint density at radius 3 is 2.53 bits per heavy atom. The van der Waals surface area contributed by atoms with Crippen LogP contribution in [0.15, 0.2) is 40.9 Å². The number of anilines is 1. The molecule has 0 saturated carbocycles. The average molecular weight is 322 g/mol. The molecule has 1 N–H and O–H groups in total. The van der Waals surface area contributed by atoms with Gasteiger partial charge in [0.1, 0.15) is 5.82 Å². The molecule has 2 nitrogen and oxygen atoms in total. The van der Waals surface area contributed by atoms with Crippen LogP contribution in [-0.4, -0.2) is 5.91 Å². The second-order valence-corrected chi connectivity index (χ2v) is 5.26. The summed E-state index contributed by atoms with van der Waals surface area (Å²) >= 11 is 3.37. The lowest BCUT2D eigenvalue weighted by Crippen LogP contribution is -2.13. The fraction of sp³-hybridized carbons (Fsp3) is 0.133. The first-order chi connectivity index (χ1) is 8.97. The molecular formula is C15H13BrFNO. The SMILES string of the molecule is Cc1ccc(NC(=O)c2ccc(C)c(Br)c2)c(F)c1. The van der Waals surface area contributed by atoms with Gasteiger partial charge in [0.05, 0.1) is 5.69 Å². The third-order valence-corrected chi connectivity index (χ3v) is 3.66. The molecule has 0 aliphatic rings. The Hall–Kier alpha value is -1.68. The van der Waals surface area contributed by atoms with E-state index in [0.717, 1.165) is 15.6 Å². The maximum absolute atomic E-state index is 13.6. The van der Waals surface area contributed by atoms with Gasteiger partial charge in [0.2, 0.25) is 0 Å². The van der Waals surface area contributed by atoms with Gasteiger partial charge in [-0.3, -0.25) is 4.79 Å². The molecule has 0 aliphatic heterocycles. The van der Waals surface area contributed by atoms with E-state index in [9.17, 15) is 9.18 Å². The largest absolute Gasteiger partial charge is 0.319 e. The summed E-state index contributed by atoms with van der Waals surface area (Å²) in [7, 11) is 0. The number of amides is 1. The van der Waals surface area contributed by atoms with Crippen molar-refractivity contribution in [3.05, 3.63) is 63.4 Å². The highest BCUT2D eigenvalue weighted by molar-refractivity contribution is 9.10. The number of hydrogen-bond acceptors (Lipinski definition) is 1. The standard InChI is InChI=1S/C15H13BrFNO/c1-9-3-6-14(13(17)7-9)18-15(19)11-5-4-10(2)12(16)8-11/h3-8H,1-2H3,(H,18,19). The fourth-order valence-electron chi connectivity index (χ4n) is 1.65. The predicted octanol–water partition coefficient (Wildman–Crippen LogP) is 4.46. The molecule has 2 rings (SSSR count). The van der Waals surface area contributed by atoms with Crippen LogP contribution in [0, 0.1) is 19.7 Å². The van der Waals surface area contributed by atoms with Crippen molar-refractivity contribution in [2.75, 3.05) is 5.32 Å². The van der Waals surface area contributed by atoms with Crippen LogP contribution in [0.2, 0.25) is 0 Å². The zero-order chi connectivity index (χ0) is 14.0. The van der Waals surface area contributed by atoms with E-state index in [1.165, 1.54) is 6.07 Å². The third-order valence-electron chi connectivity index (χ3n) is 2.81. The van der Waals surface area contributed by atoms with E-state index in [1.807, 2.05) is 13.0 Å². The lowest BCUT2D eigenvalue weighted by Gasteiger charge is -2.08. The van der Waals surface area contributed by atoms with Gasteiger partial charge in [-0.15, -0.1) is 0 Å². The molecule has 0 heterocycles. The van der Waals surface area contributed by atoms with Crippen molar-refractivity contribution >= 4 is 27.5 Å². The van der Waals surface area contributed by atoms with Crippen LogP contribution in [0.3, 0.4) is 0 Å². The van der Waals surface area contributed by atoms with E-state index in [2.05, 4.69) is 21.2 Å². The third kappa shape index (κ3) is 3.20. The van der Waals surface area contributed by atoms with Crippen LogP contribution in [-0.2, 0) is 0 Å². The van der Waals surface area contributed by atoms with Gasteiger partial charge in [-0.2, -0.15) is 0 Å². The minimum absolute atomic E-state index is 0.187. The van der Waals surface area contributed by atoms with Crippen LogP contribution in [0.25, 0.3) is 0 Å². The number of carbonyl (C=O) groups is 1. The lowest BCUT2D eigenvalue weighted by molar-refractivity contribution is 0.102. The highest BCUT2D eigenvalue weighted by Gasteiger charge is 2.10. The predicted molar refractivity (Wildman–Crippen MR) is 78.0 cm³/mol. The van der Waals surface area contributed by atoms with Gasteiger partial charge in [-0.1, -0.05) is 28.1 Å². The number of nitrogens with one attached hydrogen (secondary N) is 1. The van der Waals surface area contributed by atoms with E-state index in [4.69, 9.17) is 0 Å². The van der Waals surface area contributed by atoms with Crippen molar-refractivity contribution in [3.8, 4) is 0 Å². The summed E-state index contributed by atoms with van der Waals surface area (Å²) in [5.74, 6) is -0.761. The molecule has 19 heavy (non-hydrogen) atoms. The molecule has 2 aromatic carbocycles. The van der Waals surface area contributed by atoms with Gasteiger partial charge >= 0.3 is 0 Å². The number of rotatable bonds is 2. The minimum atomic E-state index is -0.431. The van der Waals surface area contributed by atoms with Gasteiger partial charge in [0.25, 0.3) is 5.91 Å². The van der Waals surface area contributed by atoms with Crippen molar-refractivity contribution in [2.45, 2.75) is 13.8 Å². The van der Waals surface area contributed by atoms with Crippen molar-refractivity contribution in [2.24, 2.45) is 0 Å². The molecule has 0 atom stereocenters. The minimum Gasteiger partial charge on any atom is -0.319 e. The zero-order valence-corrected chi connectivity index (χ0v) is 12.2. The van der Waals surface area contributed by atoms with Crippen molar-refractivity contribution in [1.29, 1.82) is 0 Å². The fourth-order valence-corrected chi connectivity index (χ4v) is 2.03. The second-order valence-electron chi connectivity index (χ2n) is 4.40. The van der Waals surface area contributed by atoms with E-state index in [0.29, 0.717) is 5.56 Å². The molecular weight excluding hydrogens is 309 g/mol. The van der Waals surface area contributed by atoms with E-state index < -0.39 is 5.82 Å². The Kier molecular flexibility index (Phi) is 4.00. The van der Waals surface area contributed by atoms with Gasteiger partial charge < -0.3 is 5.32 Å². The summed E-state index contributed by atoms with van der Waals surface area (Å²) in [6.07, 6.45) is 0. The van der Waals surface area contributed by atoms with Gasteiger partial charge in [-0.05, 0) is 49.2 Å². The van der Waals surface area contributed by atoms with Crippen LogP contribution in [0.4, 0.5) is 10.1 Å². The molecule has 2 aromatic rings. The monoisotopic (exact) mass is 321 g/mol. The van der Waals surface area contributed by atoms with Crippen molar-refractivity contribution in [3.63, 3.8) is 0 Å². The summed E-state index contributed by atoms with van der Waals surface area (Å²) in [6, 6.07) is 9.97. The topological polar surface area (TPSA) is 29.1 Å². The number of benzene rings is 2. The first-order valence-electron chi connectivity index (χ1n) is 5.81. The number of aryl methyl sites for hydroxylation is 2. The summed E-state index contributed by atoms with van der Waals surface area (Å²) in [5, 5.41) is 2.57. The Morgan fingerprint density at radius 2 is 1.89 bits per heavy atom. The van der Waals surface area contributed by atoms with Crippen LogP contribution in [0.5, 0.6) is 0 Å². The smallest absolute Gasteiger partial charge is 0.255 e. The van der Waals surface area contributed by atoms with Crippen molar-refractivity contribution < 1.29 is 9.18 Å². The molecule has 0 bridgehead atoms. The molecule has 0 saturated heterocycles. The molecule has 0 aromatic heterocycles. The van der Waals surface area contributed by atoms with Crippen molar-refractivity contribution in [1.82, 2.24) is 0 Å². The first kappa shape index (κ1) is 13.7. The second kappa shape index (κ2) is 5.53. The Labute approximate surface area is 119 Å². The Morgan fingerprint density at radius 1 is 1.16 bits per heavy atom. The van der Waals surface area contributed by atoms with Crippen LogP contribution < -0.4 is 5.32 Å². The van der Waals surface area contributed by atoms with E-state index in [-0.39, 0.29) is 11.6 Å². The quantitative estimate of drug-likeness (QED) is 0.869. The normalized spacial score (nSPS) is 10.3. The molecule has 0 spiro atoms. The molecule has 0 unspecified atom stereocenters. The highest BCUT2D eigenvalue weighted by Crippen LogP contribution is 2.20. The molecule has 0 fully saturated rings. The van der Waals surface area contributed by atoms with Gasteiger partial charge in [0.15, 0.2) is 0 Å². The molecule has 0 radical (unpaired) electrons. The van der Waals surface area contributed by atoms with Crippen LogP contribution >= 0.6 is 15.9 Å². The molecule has 0 aliphatic carbocycles. The van der Waals surface area contributed by atoms with Crippen LogP contribution in [0.1, 0.15) is 21.5 Å². The van der Waals surface area contributed by atoms with Gasteiger partial charge in [0, 0.05) is 10.0 Å². The lowest BCUT2D eigenvalue weighted by atomic mass is 10.1. The molecule has 1 amide bonds. The summed E-state index contributed by atoms with van der Waals surface area (Å²) < 4.78 is 14.5. The first-order valence-corrected chi connectivity index (χ1v) is 6.60. The zero-order valence-electron chi connectivity index (χ0n) is 10.6. The van der Waals surface area contributed by atoms with Gasteiger partial charge in [-0.25, -0.2) is 4.39 Å². The number of halogens is 2. The maximum Gasteiger partial charge on any atom is 0.255 e. The average Bonchev–Trinajstić information content (AvgIpc) is 2.36. The maximum atomic E-state index is 13.6. The summed E-state index contributed by atoms with van der Waals surface area (Å²) in [5.41, 5.74) is 2.52. The Balaban J connectivity index is 2.23. The highest BCUT2D eigenvalue weighted by atomic mass is 79.9. The molecule has 4 heteroatoms. The van der Waals surface area contributed by atoms with E-state index >= 15 is 0 Å². The number of hydrogen-bond donors (Lipinski definition) is 1. The molecule has 98 valence electrons.